The van der Waals surface area contributed by atoms with Gasteiger partial charge in [-0.1, -0.05) is 11.6 Å². The van der Waals surface area contributed by atoms with Crippen LogP contribution >= 0.6 is 11.6 Å². The molecule has 0 radical (unpaired) electrons. The molecule has 1 atom stereocenters. The first kappa shape index (κ1) is 19.9. The Balaban J connectivity index is 1.18. The van der Waals surface area contributed by atoms with E-state index >= 15 is 0 Å². The summed E-state index contributed by atoms with van der Waals surface area (Å²) in [6.07, 6.45) is 9.33. The number of halogens is 1. The van der Waals surface area contributed by atoms with E-state index in [1.807, 2.05) is 0 Å². The van der Waals surface area contributed by atoms with Crippen molar-refractivity contribution in [1.82, 2.24) is 15.0 Å². The number of hydrogen-bond donors (Lipinski definition) is 2. The Labute approximate surface area is 189 Å². The Morgan fingerprint density at radius 1 is 1.26 bits per heavy atom. The summed E-state index contributed by atoms with van der Waals surface area (Å²) < 4.78 is 12.6. The maximum Gasteiger partial charge on any atom is 0.145 e. The van der Waals surface area contributed by atoms with Gasteiger partial charge in [0, 0.05) is 42.6 Å². The van der Waals surface area contributed by atoms with E-state index in [9.17, 15) is 9.32 Å². The largest absolute Gasteiger partial charge is 0.394 e. The Hall–Kier alpha value is -1.77. The Morgan fingerprint density at radius 2 is 2.00 bits per heavy atom. The van der Waals surface area contributed by atoms with Gasteiger partial charge in [-0.05, 0) is 50.2 Å². The van der Waals surface area contributed by atoms with E-state index in [1.165, 1.54) is 0 Å². The minimum absolute atomic E-state index is 0.0846. The molecule has 0 amide bonds. The molecule has 2 aliphatic carbocycles. The molecule has 2 aromatic heterocycles. The second-order valence-electron chi connectivity index (χ2n) is 9.75. The maximum absolute atomic E-state index is 12.6. The van der Waals surface area contributed by atoms with Crippen LogP contribution < -0.4 is 10.2 Å². The first-order chi connectivity index (χ1) is 15.0. The highest BCUT2D eigenvalue weighted by atomic mass is 35.5. The molecule has 6 rings (SSSR count). The van der Waals surface area contributed by atoms with Crippen LogP contribution in [0.5, 0.6) is 0 Å². The number of aliphatic hydroxyl groups excluding tert-OH is 1. The fraction of sp³-hybridized carbons (Fsp3) is 0.591. The van der Waals surface area contributed by atoms with E-state index in [1.54, 1.807) is 12.4 Å². The van der Waals surface area contributed by atoms with Gasteiger partial charge in [-0.2, -0.15) is 0 Å². The second kappa shape index (κ2) is 7.12. The Kier molecular flexibility index (Phi) is 4.56. The van der Waals surface area contributed by atoms with Gasteiger partial charge in [0.1, 0.15) is 17.5 Å². The van der Waals surface area contributed by atoms with Crippen molar-refractivity contribution < 1.29 is 9.32 Å². The number of pyridine rings is 1. The highest BCUT2D eigenvalue weighted by molar-refractivity contribution is 7.85. The van der Waals surface area contributed by atoms with Gasteiger partial charge in [0.05, 0.1) is 32.9 Å². The lowest BCUT2D eigenvalue weighted by Crippen LogP contribution is -2.62. The van der Waals surface area contributed by atoms with Crippen LogP contribution in [-0.4, -0.2) is 55.3 Å². The smallest absolute Gasteiger partial charge is 0.145 e. The molecule has 0 unspecified atom stereocenters. The quantitative estimate of drug-likeness (QED) is 0.710. The molecular weight excluding hydrogens is 434 g/mol. The zero-order valence-electron chi connectivity index (χ0n) is 17.3. The number of nitrogens with one attached hydrogen (secondary N) is 1. The predicted octanol–water partition coefficient (Wildman–Crippen LogP) is 2.90. The third kappa shape index (κ3) is 3.26. The number of aromatic nitrogens is 3. The van der Waals surface area contributed by atoms with Crippen molar-refractivity contribution >= 4 is 34.0 Å². The van der Waals surface area contributed by atoms with Crippen molar-refractivity contribution in [2.75, 3.05) is 35.7 Å². The van der Waals surface area contributed by atoms with Crippen LogP contribution in [-0.2, 0) is 17.2 Å². The first-order valence-electron chi connectivity index (χ1n) is 11.0. The highest BCUT2D eigenvalue weighted by Gasteiger charge is 2.54. The highest BCUT2D eigenvalue weighted by Crippen LogP contribution is 2.56. The number of hydrogen-bond acceptors (Lipinski definition) is 7. The third-order valence-electron chi connectivity index (χ3n) is 7.56. The van der Waals surface area contributed by atoms with Gasteiger partial charge in [0.15, 0.2) is 0 Å². The van der Waals surface area contributed by atoms with Crippen molar-refractivity contribution in [3.05, 3.63) is 34.9 Å². The average Bonchev–Trinajstić information content (AvgIpc) is 3.05. The lowest BCUT2D eigenvalue weighted by Gasteiger charge is -2.59. The van der Waals surface area contributed by atoms with Gasteiger partial charge in [-0.15, -0.1) is 0 Å². The van der Waals surface area contributed by atoms with Crippen LogP contribution in [0.3, 0.4) is 0 Å². The summed E-state index contributed by atoms with van der Waals surface area (Å²) in [7, 11) is -1.01. The van der Waals surface area contributed by atoms with Crippen LogP contribution in [0.4, 0.5) is 11.6 Å². The zero-order valence-corrected chi connectivity index (χ0v) is 18.9. The lowest BCUT2D eigenvalue weighted by molar-refractivity contribution is 0.0589. The molecule has 2 aromatic rings. The molecule has 2 aliphatic heterocycles. The summed E-state index contributed by atoms with van der Waals surface area (Å²) in [6, 6.07) is 2.13. The molecule has 1 saturated heterocycles. The summed E-state index contributed by atoms with van der Waals surface area (Å²) in [5, 5.41) is 14.0. The van der Waals surface area contributed by atoms with Crippen LogP contribution in [0.25, 0.3) is 0 Å². The van der Waals surface area contributed by atoms with Gasteiger partial charge < -0.3 is 15.3 Å². The molecule has 31 heavy (non-hydrogen) atoms. The molecule has 3 fully saturated rings. The number of nitrogens with zero attached hydrogens (tertiary/aromatic N) is 4. The molecule has 0 bridgehead atoms. The molecule has 1 spiro atoms. The molecule has 0 aromatic carbocycles. The lowest BCUT2D eigenvalue weighted by atomic mass is 9.57. The maximum atomic E-state index is 12.6. The minimum Gasteiger partial charge on any atom is -0.394 e. The summed E-state index contributed by atoms with van der Waals surface area (Å²) in [6.45, 7) is 2.05. The van der Waals surface area contributed by atoms with Crippen molar-refractivity contribution in [2.45, 2.75) is 54.9 Å². The van der Waals surface area contributed by atoms with Gasteiger partial charge in [0.25, 0.3) is 0 Å². The van der Waals surface area contributed by atoms with E-state index < -0.39 is 10.8 Å². The van der Waals surface area contributed by atoms with Crippen LogP contribution in [0, 0.1) is 5.41 Å². The summed E-state index contributed by atoms with van der Waals surface area (Å²) in [5.74, 6) is 3.65. The zero-order chi connectivity index (χ0) is 21.2. The van der Waals surface area contributed by atoms with Gasteiger partial charge in [0.2, 0.25) is 0 Å². The van der Waals surface area contributed by atoms with Crippen LogP contribution in [0.2, 0.25) is 5.02 Å². The fourth-order valence-electron chi connectivity index (χ4n) is 5.62. The summed E-state index contributed by atoms with van der Waals surface area (Å²) in [5.41, 5.74) is 1.16. The van der Waals surface area contributed by atoms with E-state index in [-0.39, 0.29) is 12.1 Å². The van der Waals surface area contributed by atoms with E-state index in [2.05, 4.69) is 26.3 Å². The Morgan fingerprint density at radius 3 is 2.65 bits per heavy atom. The standard InChI is InChI=1S/C22H26ClN5O2S/c23-16-9-24-19(25-10-16)15-7-21(8-15)11-28(12-21)17-6-14-2-5-31(30)18(14)20(26-17)27-22(13-29)3-1-4-22/h6,9-10,15,29H,1-5,7-8,11-13H2,(H,26,27)/t31-/m1/s1. The average molecular weight is 460 g/mol. The topological polar surface area (TPSA) is 91.2 Å². The molecule has 2 N–H and O–H groups in total. The normalized spacial score (nSPS) is 25.5. The van der Waals surface area contributed by atoms with E-state index in [0.29, 0.717) is 22.1 Å². The van der Waals surface area contributed by atoms with Gasteiger partial charge in [-0.3, -0.25) is 4.21 Å². The number of aryl methyl sites for hydroxylation is 1. The van der Waals surface area contributed by atoms with Crippen molar-refractivity contribution in [2.24, 2.45) is 5.41 Å². The molecule has 7 nitrogen and oxygen atoms in total. The molecule has 2 saturated carbocycles. The second-order valence-corrected chi connectivity index (χ2v) is 11.7. The van der Waals surface area contributed by atoms with Crippen molar-refractivity contribution in [3.8, 4) is 0 Å². The van der Waals surface area contributed by atoms with Crippen LogP contribution in [0.15, 0.2) is 23.4 Å². The van der Waals surface area contributed by atoms with E-state index in [0.717, 1.165) is 79.5 Å². The number of fused-ring (bicyclic) bond motifs is 1. The number of rotatable bonds is 5. The monoisotopic (exact) mass is 459 g/mol. The van der Waals surface area contributed by atoms with Gasteiger partial charge in [-0.25, -0.2) is 15.0 Å². The summed E-state index contributed by atoms with van der Waals surface area (Å²) in [4.78, 5) is 16.9. The van der Waals surface area contributed by atoms with Gasteiger partial charge >= 0.3 is 0 Å². The molecular formula is C22H26ClN5O2S. The SMILES string of the molecule is O=[S@@]1CCc2cc(N3CC4(CC(c5ncc(Cl)cn5)C4)C3)nc(NC3(CO)CCC3)c21. The van der Waals surface area contributed by atoms with E-state index in [4.69, 9.17) is 16.6 Å². The number of anilines is 2. The van der Waals surface area contributed by atoms with Crippen molar-refractivity contribution in [1.29, 1.82) is 0 Å². The molecule has 4 heterocycles. The predicted molar refractivity (Wildman–Crippen MR) is 120 cm³/mol. The third-order valence-corrected chi connectivity index (χ3v) is 9.24. The Bertz CT molecular complexity index is 1040. The summed E-state index contributed by atoms with van der Waals surface area (Å²) >= 11 is 5.91. The molecule has 9 heteroatoms. The van der Waals surface area contributed by atoms with Crippen LogP contribution in [0.1, 0.15) is 49.4 Å². The number of aliphatic hydroxyl groups is 1. The molecule has 4 aliphatic rings. The first-order valence-corrected chi connectivity index (χ1v) is 12.7. The molecule has 164 valence electrons. The minimum atomic E-state index is -1.01. The van der Waals surface area contributed by atoms with Crippen molar-refractivity contribution in [3.63, 3.8) is 0 Å². The fourth-order valence-corrected chi connectivity index (χ4v) is 7.10.